The molecule has 0 aromatic heterocycles. The Bertz CT molecular complexity index is 1040. The monoisotopic (exact) mass is 480 g/mol. The van der Waals surface area contributed by atoms with E-state index in [1.165, 1.54) is 16.0 Å². The van der Waals surface area contributed by atoms with Crippen molar-refractivity contribution in [2.45, 2.75) is 44.8 Å². The molecule has 1 aliphatic carbocycles. The summed E-state index contributed by atoms with van der Waals surface area (Å²) in [5.74, 6) is -1.41. The second kappa shape index (κ2) is 10.9. The summed E-state index contributed by atoms with van der Waals surface area (Å²) < 4.78 is 11.3. The van der Waals surface area contributed by atoms with Gasteiger partial charge in [-0.3, -0.25) is 9.59 Å². The highest BCUT2D eigenvalue weighted by atomic mass is 16.5. The lowest BCUT2D eigenvalue weighted by molar-refractivity contribution is -0.146. The predicted octanol–water partition coefficient (Wildman–Crippen LogP) is 3.64. The number of nitrogens with zero attached hydrogens (tertiary/aromatic N) is 1. The van der Waals surface area contributed by atoms with E-state index < -0.39 is 18.2 Å². The third kappa shape index (κ3) is 5.48. The van der Waals surface area contributed by atoms with E-state index >= 15 is 0 Å². The molecule has 4 rings (SSSR count). The van der Waals surface area contributed by atoms with Crippen LogP contribution in [0.5, 0.6) is 0 Å². The second-order valence-electron chi connectivity index (χ2n) is 9.32. The predicted molar refractivity (Wildman–Crippen MR) is 130 cm³/mol. The van der Waals surface area contributed by atoms with Crippen molar-refractivity contribution < 1.29 is 29.0 Å². The lowest BCUT2D eigenvalue weighted by Crippen LogP contribution is -2.47. The summed E-state index contributed by atoms with van der Waals surface area (Å²) in [5, 5.41) is 11.8. The van der Waals surface area contributed by atoms with Gasteiger partial charge in [-0.25, -0.2) is 4.79 Å². The van der Waals surface area contributed by atoms with Crippen molar-refractivity contribution in [3.63, 3.8) is 0 Å². The fourth-order valence-electron chi connectivity index (χ4n) is 4.98. The number of carbonyl (C=O) groups is 3. The minimum atomic E-state index is -0.954. The van der Waals surface area contributed by atoms with Gasteiger partial charge in [-0.05, 0) is 42.5 Å². The van der Waals surface area contributed by atoms with Crippen LogP contribution in [0.4, 0.5) is 4.79 Å². The van der Waals surface area contributed by atoms with Crippen LogP contribution < -0.4 is 5.32 Å². The van der Waals surface area contributed by atoms with Crippen molar-refractivity contribution in [1.29, 1.82) is 0 Å². The Morgan fingerprint density at radius 2 is 1.71 bits per heavy atom. The van der Waals surface area contributed by atoms with Crippen molar-refractivity contribution in [3.05, 3.63) is 59.7 Å². The minimum absolute atomic E-state index is 0.0221. The molecule has 2 unspecified atom stereocenters. The molecule has 2 N–H and O–H groups in total. The maximum Gasteiger partial charge on any atom is 0.407 e. The fourth-order valence-corrected chi connectivity index (χ4v) is 4.98. The van der Waals surface area contributed by atoms with Crippen molar-refractivity contribution >= 4 is 18.0 Å². The number of alkyl carbamates (subject to hydrolysis) is 1. The van der Waals surface area contributed by atoms with Gasteiger partial charge in [0.15, 0.2) is 0 Å². The number of hydrogen-bond acceptors (Lipinski definition) is 5. The van der Waals surface area contributed by atoms with E-state index in [-0.39, 0.29) is 49.9 Å². The number of ether oxygens (including phenoxy) is 2. The molecule has 8 heteroatoms. The molecule has 0 saturated carbocycles. The quantitative estimate of drug-likeness (QED) is 0.568. The van der Waals surface area contributed by atoms with Gasteiger partial charge in [0.05, 0.1) is 6.42 Å². The van der Waals surface area contributed by atoms with Crippen LogP contribution in [-0.2, 0) is 19.1 Å². The van der Waals surface area contributed by atoms with Gasteiger partial charge >= 0.3 is 12.1 Å². The van der Waals surface area contributed by atoms with Gasteiger partial charge in [-0.1, -0.05) is 48.5 Å². The Balaban J connectivity index is 1.32. The fraction of sp³-hybridized carbons (Fsp3) is 0.444. The van der Waals surface area contributed by atoms with E-state index in [1.807, 2.05) is 38.1 Å². The Morgan fingerprint density at radius 1 is 1.09 bits per heavy atom. The SMILES string of the molecule is CC(C)N(CCC(=O)O)C(=O)C1OCCC1CNC(=O)OCC1c2ccccc2-c2ccccc21. The summed E-state index contributed by atoms with van der Waals surface area (Å²) in [7, 11) is 0. The number of benzene rings is 2. The number of rotatable bonds is 9. The highest BCUT2D eigenvalue weighted by Crippen LogP contribution is 2.44. The summed E-state index contributed by atoms with van der Waals surface area (Å²) in [6.45, 7) is 4.70. The van der Waals surface area contributed by atoms with E-state index in [0.29, 0.717) is 13.0 Å². The van der Waals surface area contributed by atoms with Crippen molar-refractivity contribution in [1.82, 2.24) is 10.2 Å². The lowest BCUT2D eigenvalue weighted by Gasteiger charge is -2.30. The molecule has 2 aromatic rings. The second-order valence-corrected chi connectivity index (χ2v) is 9.32. The average Bonchev–Trinajstić information content (AvgIpc) is 3.44. The highest BCUT2D eigenvalue weighted by molar-refractivity contribution is 5.82. The molecule has 8 nitrogen and oxygen atoms in total. The molecule has 2 aliphatic rings. The van der Waals surface area contributed by atoms with Gasteiger partial charge in [-0.2, -0.15) is 0 Å². The molecular formula is C27H32N2O6. The van der Waals surface area contributed by atoms with E-state index in [2.05, 4.69) is 29.6 Å². The molecule has 1 saturated heterocycles. The van der Waals surface area contributed by atoms with Crippen LogP contribution in [0.2, 0.25) is 0 Å². The zero-order valence-corrected chi connectivity index (χ0v) is 20.1. The average molecular weight is 481 g/mol. The third-order valence-electron chi connectivity index (χ3n) is 6.78. The molecule has 0 radical (unpaired) electrons. The number of amides is 2. The van der Waals surface area contributed by atoms with E-state index in [0.717, 1.165) is 11.1 Å². The van der Waals surface area contributed by atoms with Crippen LogP contribution >= 0.6 is 0 Å². The number of hydrogen-bond donors (Lipinski definition) is 2. The Kier molecular flexibility index (Phi) is 7.70. The number of carboxylic acid groups (broad SMARTS) is 1. The molecule has 2 aromatic carbocycles. The number of fused-ring (bicyclic) bond motifs is 3. The zero-order valence-electron chi connectivity index (χ0n) is 20.1. The van der Waals surface area contributed by atoms with E-state index in [9.17, 15) is 14.4 Å². The largest absolute Gasteiger partial charge is 0.481 e. The molecule has 1 aliphatic heterocycles. The van der Waals surface area contributed by atoms with Crippen LogP contribution in [-0.4, -0.2) is 66.4 Å². The van der Waals surface area contributed by atoms with Gasteiger partial charge in [0.2, 0.25) is 0 Å². The third-order valence-corrected chi connectivity index (χ3v) is 6.78. The standard InChI is InChI=1S/C27H32N2O6/c1-17(2)29(13-11-24(30)31)26(32)25-18(12-14-34-25)15-28-27(33)35-16-23-21-9-5-3-7-19(21)20-8-4-6-10-22(20)23/h3-10,17-18,23,25H,11-16H2,1-2H3,(H,28,33)(H,30,31). The van der Waals surface area contributed by atoms with Crippen LogP contribution in [0.15, 0.2) is 48.5 Å². The van der Waals surface area contributed by atoms with E-state index in [1.54, 1.807) is 0 Å². The first-order chi connectivity index (χ1) is 16.9. The first-order valence-electron chi connectivity index (χ1n) is 12.1. The summed E-state index contributed by atoms with van der Waals surface area (Å²) in [5.41, 5.74) is 4.62. The topological polar surface area (TPSA) is 105 Å². The number of nitrogens with one attached hydrogen (secondary N) is 1. The van der Waals surface area contributed by atoms with Gasteiger partial charge in [-0.15, -0.1) is 0 Å². The molecule has 2 amide bonds. The van der Waals surface area contributed by atoms with E-state index in [4.69, 9.17) is 14.6 Å². The van der Waals surface area contributed by atoms with Crippen LogP contribution in [0.3, 0.4) is 0 Å². The van der Waals surface area contributed by atoms with Crippen LogP contribution in [0.1, 0.15) is 43.7 Å². The van der Waals surface area contributed by atoms with Crippen molar-refractivity contribution in [3.8, 4) is 11.1 Å². The molecule has 1 fully saturated rings. The lowest BCUT2D eigenvalue weighted by atomic mass is 9.98. The first kappa shape index (κ1) is 24.7. The summed E-state index contributed by atoms with van der Waals surface area (Å²) in [6, 6.07) is 16.2. The maximum atomic E-state index is 13.1. The number of carboxylic acids is 1. The molecular weight excluding hydrogens is 448 g/mol. The molecule has 186 valence electrons. The highest BCUT2D eigenvalue weighted by Gasteiger charge is 2.38. The van der Waals surface area contributed by atoms with Gasteiger partial charge in [0.1, 0.15) is 12.7 Å². The van der Waals surface area contributed by atoms with Gasteiger partial charge in [0.25, 0.3) is 5.91 Å². The maximum absolute atomic E-state index is 13.1. The molecule has 0 spiro atoms. The van der Waals surface area contributed by atoms with Gasteiger partial charge < -0.3 is 24.8 Å². The Hall–Kier alpha value is -3.39. The van der Waals surface area contributed by atoms with Gasteiger partial charge in [0, 0.05) is 37.6 Å². The Labute approximate surface area is 205 Å². The van der Waals surface area contributed by atoms with Crippen molar-refractivity contribution in [2.75, 3.05) is 26.3 Å². The number of carbonyl (C=O) groups excluding carboxylic acids is 2. The molecule has 35 heavy (non-hydrogen) atoms. The molecule has 1 heterocycles. The first-order valence-corrected chi connectivity index (χ1v) is 12.1. The smallest absolute Gasteiger partial charge is 0.407 e. The molecule has 0 bridgehead atoms. The van der Waals surface area contributed by atoms with Crippen LogP contribution in [0, 0.1) is 5.92 Å². The molecule has 2 atom stereocenters. The summed E-state index contributed by atoms with van der Waals surface area (Å²) >= 11 is 0. The summed E-state index contributed by atoms with van der Waals surface area (Å²) in [4.78, 5) is 38.1. The van der Waals surface area contributed by atoms with Crippen LogP contribution in [0.25, 0.3) is 11.1 Å². The summed E-state index contributed by atoms with van der Waals surface area (Å²) in [6.07, 6.45) is -0.735. The van der Waals surface area contributed by atoms with Crippen molar-refractivity contribution in [2.24, 2.45) is 5.92 Å². The minimum Gasteiger partial charge on any atom is -0.481 e. The Morgan fingerprint density at radius 3 is 2.31 bits per heavy atom. The normalized spacial score (nSPS) is 18.7. The zero-order chi connectivity index (χ0) is 24.9. The number of aliphatic carboxylic acids is 1.